The largest absolute Gasteiger partial charge is 0.481 e. The Balaban J connectivity index is 2.01. The Morgan fingerprint density at radius 1 is 1.61 bits per heavy atom. The van der Waals surface area contributed by atoms with Crippen LogP contribution in [0.15, 0.2) is 18.2 Å². The van der Waals surface area contributed by atoms with Gasteiger partial charge in [-0.1, -0.05) is 0 Å². The van der Waals surface area contributed by atoms with Gasteiger partial charge in [0.05, 0.1) is 17.5 Å². The molecule has 96 valence electrons. The van der Waals surface area contributed by atoms with Gasteiger partial charge in [-0.25, -0.2) is 4.98 Å². The van der Waals surface area contributed by atoms with E-state index in [0.29, 0.717) is 6.54 Å². The second-order valence-electron chi connectivity index (χ2n) is 4.29. The molecule has 0 saturated heterocycles. The third-order valence-corrected chi connectivity index (χ3v) is 2.61. The van der Waals surface area contributed by atoms with Gasteiger partial charge in [0.1, 0.15) is 5.82 Å². The highest BCUT2D eigenvalue weighted by molar-refractivity contribution is 5.79. The summed E-state index contributed by atoms with van der Waals surface area (Å²) in [6.07, 6.45) is -0.0432. The second kappa shape index (κ2) is 5.05. The van der Waals surface area contributed by atoms with E-state index in [9.17, 15) is 4.79 Å². The third-order valence-electron chi connectivity index (χ3n) is 2.61. The van der Waals surface area contributed by atoms with Gasteiger partial charge in [-0.2, -0.15) is 0 Å². The number of aliphatic carboxylic acids is 1. The van der Waals surface area contributed by atoms with Gasteiger partial charge in [0.15, 0.2) is 0 Å². The molecule has 0 aliphatic carbocycles. The van der Waals surface area contributed by atoms with E-state index >= 15 is 0 Å². The molecular weight excluding hydrogens is 232 g/mol. The van der Waals surface area contributed by atoms with E-state index in [2.05, 4.69) is 15.3 Å². The average molecular weight is 248 g/mol. The monoisotopic (exact) mass is 248 g/mol. The summed E-state index contributed by atoms with van der Waals surface area (Å²) >= 11 is 0. The first kappa shape index (κ1) is 12.4. The number of aryl methyl sites for hydroxylation is 1. The summed E-state index contributed by atoms with van der Waals surface area (Å²) in [7, 11) is 0. The minimum absolute atomic E-state index is 0.0432. The number of hydrogen-bond acceptors (Lipinski definition) is 4. The first-order chi connectivity index (χ1) is 8.54. The zero-order chi connectivity index (χ0) is 13.1. The molecule has 1 atom stereocenters. The maximum absolute atomic E-state index is 10.5. The van der Waals surface area contributed by atoms with Crippen LogP contribution in [0.3, 0.4) is 0 Å². The molecule has 0 saturated carbocycles. The van der Waals surface area contributed by atoms with Crippen molar-refractivity contribution in [3.05, 3.63) is 24.0 Å². The number of benzene rings is 1. The van der Waals surface area contributed by atoms with Crippen LogP contribution in [0.1, 0.15) is 12.2 Å². The van der Waals surface area contributed by atoms with E-state index < -0.39 is 12.0 Å². The van der Waals surface area contributed by atoms with Crippen LogP contribution in [0.5, 0.6) is 0 Å². The van der Waals surface area contributed by atoms with Crippen LogP contribution in [-0.4, -0.2) is 33.6 Å². The maximum atomic E-state index is 10.5. The van der Waals surface area contributed by atoms with E-state index in [1.807, 2.05) is 25.1 Å². The summed E-state index contributed by atoms with van der Waals surface area (Å²) in [5.41, 5.74) is 8.43. The van der Waals surface area contributed by atoms with Crippen LogP contribution in [0, 0.1) is 6.92 Å². The number of rotatable bonds is 5. The molecule has 1 aromatic carbocycles. The molecule has 0 aliphatic rings. The molecule has 2 aromatic rings. The Labute approximate surface area is 104 Å². The Morgan fingerprint density at radius 3 is 3.11 bits per heavy atom. The molecule has 18 heavy (non-hydrogen) atoms. The first-order valence-corrected chi connectivity index (χ1v) is 5.72. The van der Waals surface area contributed by atoms with Crippen LogP contribution >= 0.6 is 0 Å². The fourth-order valence-electron chi connectivity index (χ4n) is 1.79. The van der Waals surface area contributed by atoms with Crippen molar-refractivity contribution in [3.63, 3.8) is 0 Å². The Bertz CT molecular complexity index is 564. The minimum atomic E-state index is -0.885. The van der Waals surface area contributed by atoms with Crippen molar-refractivity contribution in [2.75, 3.05) is 11.9 Å². The van der Waals surface area contributed by atoms with E-state index in [1.54, 1.807) is 0 Å². The normalized spacial score (nSPS) is 12.6. The number of nitrogens with zero attached hydrogens (tertiary/aromatic N) is 1. The van der Waals surface area contributed by atoms with Gasteiger partial charge in [0.2, 0.25) is 0 Å². The lowest BCUT2D eigenvalue weighted by molar-refractivity contribution is -0.137. The Morgan fingerprint density at radius 2 is 2.39 bits per heavy atom. The number of nitrogens with two attached hydrogens (primary N) is 1. The molecule has 1 aromatic heterocycles. The number of nitrogens with one attached hydrogen (secondary N) is 2. The van der Waals surface area contributed by atoms with E-state index in [-0.39, 0.29) is 6.42 Å². The van der Waals surface area contributed by atoms with Gasteiger partial charge >= 0.3 is 5.97 Å². The second-order valence-corrected chi connectivity index (χ2v) is 4.29. The minimum Gasteiger partial charge on any atom is -0.481 e. The molecule has 6 heteroatoms. The Hall–Kier alpha value is -2.08. The fraction of sp³-hybridized carbons (Fsp3) is 0.333. The van der Waals surface area contributed by atoms with Gasteiger partial charge < -0.3 is 21.1 Å². The molecule has 0 spiro atoms. The number of H-pyrrole nitrogens is 1. The lowest BCUT2D eigenvalue weighted by Crippen LogP contribution is -2.31. The van der Waals surface area contributed by atoms with Crippen LogP contribution in [-0.2, 0) is 4.79 Å². The first-order valence-electron chi connectivity index (χ1n) is 5.72. The number of aromatic nitrogens is 2. The molecule has 0 aliphatic heterocycles. The van der Waals surface area contributed by atoms with E-state index in [4.69, 9.17) is 10.8 Å². The molecule has 2 rings (SSSR count). The van der Waals surface area contributed by atoms with Gasteiger partial charge in [-0.05, 0) is 25.1 Å². The zero-order valence-corrected chi connectivity index (χ0v) is 10.1. The van der Waals surface area contributed by atoms with E-state index in [1.165, 1.54) is 0 Å². The van der Waals surface area contributed by atoms with Crippen LogP contribution in [0.25, 0.3) is 11.0 Å². The smallest absolute Gasteiger partial charge is 0.304 e. The van der Waals surface area contributed by atoms with Crippen molar-refractivity contribution >= 4 is 22.7 Å². The maximum Gasteiger partial charge on any atom is 0.304 e. The molecule has 0 fully saturated rings. The highest BCUT2D eigenvalue weighted by atomic mass is 16.4. The number of fused-ring (bicyclic) bond motifs is 1. The van der Waals surface area contributed by atoms with Crippen molar-refractivity contribution in [3.8, 4) is 0 Å². The summed E-state index contributed by atoms with van der Waals surface area (Å²) in [4.78, 5) is 17.9. The van der Waals surface area contributed by atoms with Gasteiger partial charge in [-0.15, -0.1) is 0 Å². The number of carboxylic acid groups (broad SMARTS) is 1. The average Bonchev–Trinajstić information content (AvgIpc) is 2.64. The Kier molecular flexibility index (Phi) is 3.47. The predicted molar refractivity (Wildman–Crippen MR) is 69.5 cm³/mol. The molecule has 1 heterocycles. The quantitative estimate of drug-likeness (QED) is 0.634. The highest BCUT2D eigenvalue weighted by Gasteiger charge is 2.08. The number of carbonyl (C=O) groups is 1. The van der Waals surface area contributed by atoms with E-state index in [0.717, 1.165) is 22.5 Å². The number of anilines is 1. The van der Waals surface area contributed by atoms with Crippen molar-refractivity contribution in [2.45, 2.75) is 19.4 Å². The molecule has 0 bridgehead atoms. The van der Waals surface area contributed by atoms with Gasteiger partial charge in [0, 0.05) is 18.3 Å². The summed E-state index contributed by atoms with van der Waals surface area (Å²) < 4.78 is 0. The number of hydrogen-bond donors (Lipinski definition) is 4. The van der Waals surface area contributed by atoms with Crippen LogP contribution < -0.4 is 11.1 Å². The summed E-state index contributed by atoms with van der Waals surface area (Å²) in [5.74, 6) is -0.0197. The van der Waals surface area contributed by atoms with Gasteiger partial charge in [0.25, 0.3) is 0 Å². The third kappa shape index (κ3) is 2.98. The zero-order valence-electron chi connectivity index (χ0n) is 10.1. The fourth-order valence-corrected chi connectivity index (χ4v) is 1.79. The molecule has 5 N–H and O–H groups in total. The number of imidazole rings is 1. The highest BCUT2D eigenvalue weighted by Crippen LogP contribution is 2.16. The molecular formula is C12H16N4O2. The van der Waals surface area contributed by atoms with Crippen molar-refractivity contribution in [1.82, 2.24) is 9.97 Å². The van der Waals surface area contributed by atoms with Crippen LogP contribution in [0.4, 0.5) is 5.69 Å². The molecule has 0 amide bonds. The lowest BCUT2D eigenvalue weighted by atomic mass is 10.2. The summed E-state index contributed by atoms with van der Waals surface area (Å²) in [6.45, 7) is 2.32. The van der Waals surface area contributed by atoms with Crippen molar-refractivity contribution in [1.29, 1.82) is 0 Å². The topological polar surface area (TPSA) is 104 Å². The summed E-state index contributed by atoms with van der Waals surface area (Å²) in [5, 5.41) is 11.7. The van der Waals surface area contributed by atoms with Crippen LogP contribution in [0.2, 0.25) is 0 Å². The lowest BCUT2D eigenvalue weighted by Gasteiger charge is -2.11. The number of aromatic amines is 1. The van der Waals surface area contributed by atoms with Crippen molar-refractivity contribution < 1.29 is 9.90 Å². The molecule has 0 radical (unpaired) electrons. The molecule has 1 unspecified atom stereocenters. The van der Waals surface area contributed by atoms with Crippen molar-refractivity contribution in [2.24, 2.45) is 5.73 Å². The SMILES string of the molecule is Cc1nc2ccc(NCC(N)CC(=O)O)cc2[nH]1. The summed E-state index contributed by atoms with van der Waals surface area (Å²) in [6, 6.07) is 5.34. The van der Waals surface area contributed by atoms with Gasteiger partial charge in [-0.3, -0.25) is 4.79 Å². The predicted octanol–water partition coefficient (Wildman–Crippen LogP) is 1.09. The number of carboxylic acids is 1. The molecule has 6 nitrogen and oxygen atoms in total. The standard InChI is InChI=1S/C12H16N4O2/c1-7-15-10-3-2-9(5-11(10)16-7)14-6-8(13)4-12(17)18/h2-3,5,8,14H,4,6,13H2,1H3,(H,15,16)(H,17,18).